The summed E-state index contributed by atoms with van der Waals surface area (Å²) in [5.41, 5.74) is 3.66. The van der Waals surface area contributed by atoms with Crippen LogP contribution in [0.3, 0.4) is 0 Å². The second kappa shape index (κ2) is 5.74. The third-order valence-electron chi connectivity index (χ3n) is 3.95. The first-order valence-electron chi connectivity index (χ1n) is 7.31. The predicted molar refractivity (Wildman–Crippen MR) is 93.2 cm³/mol. The Kier molecular flexibility index (Phi) is 3.90. The summed E-state index contributed by atoms with van der Waals surface area (Å²) < 4.78 is 14.1. The summed E-state index contributed by atoms with van der Waals surface area (Å²) >= 11 is 1.30. The molecule has 1 N–H and O–H groups in total. The van der Waals surface area contributed by atoms with Crippen LogP contribution in [-0.4, -0.2) is 17.8 Å². The lowest BCUT2D eigenvalue weighted by molar-refractivity contribution is 0.103. The molecule has 0 spiro atoms. The monoisotopic (exact) mass is 328 g/mol. The van der Waals surface area contributed by atoms with Crippen molar-refractivity contribution in [2.75, 3.05) is 12.4 Å². The van der Waals surface area contributed by atoms with Gasteiger partial charge in [-0.25, -0.2) is 9.37 Å². The first-order chi connectivity index (χ1) is 10.9. The van der Waals surface area contributed by atoms with Crippen LogP contribution in [0.15, 0.2) is 24.3 Å². The van der Waals surface area contributed by atoms with Crippen LogP contribution in [0.1, 0.15) is 32.1 Å². The van der Waals surface area contributed by atoms with E-state index in [-0.39, 0.29) is 11.3 Å². The maximum Gasteiger partial charge on any atom is 0.208 e. The minimum Gasteiger partial charge on any atom is -0.386 e. The first kappa shape index (κ1) is 15.6. The van der Waals surface area contributed by atoms with Gasteiger partial charge in [-0.05, 0) is 44.5 Å². The zero-order chi connectivity index (χ0) is 16.7. The van der Waals surface area contributed by atoms with Crippen LogP contribution >= 0.6 is 11.3 Å². The molecule has 0 unspecified atom stereocenters. The highest BCUT2D eigenvalue weighted by molar-refractivity contribution is 7.21. The number of hydrogen-bond acceptors (Lipinski definition) is 4. The minimum absolute atomic E-state index is 0.0986. The number of nitrogens with zero attached hydrogens (tertiary/aromatic N) is 1. The number of hydrogen-bond donors (Lipinski definition) is 1. The number of halogens is 1. The molecular weight excluding hydrogens is 311 g/mol. The number of fused-ring (bicyclic) bond motifs is 1. The lowest BCUT2D eigenvalue weighted by Crippen LogP contribution is -2.05. The molecular formula is C18H17FN2OS. The van der Waals surface area contributed by atoms with Crippen molar-refractivity contribution in [3.05, 3.63) is 57.3 Å². The number of nitrogens with one attached hydrogen (secondary N) is 1. The van der Waals surface area contributed by atoms with Gasteiger partial charge in [0.15, 0.2) is 0 Å². The molecule has 2 aromatic heterocycles. The third-order valence-corrected chi connectivity index (χ3v) is 5.05. The fraction of sp³-hybridized carbons (Fsp3) is 0.222. The van der Waals surface area contributed by atoms with Crippen molar-refractivity contribution in [2.45, 2.75) is 20.8 Å². The molecule has 3 aromatic rings. The van der Waals surface area contributed by atoms with Gasteiger partial charge < -0.3 is 5.32 Å². The predicted octanol–water partition coefficient (Wildman–Crippen LogP) is 4.63. The smallest absolute Gasteiger partial charge is 0.208 e. The van der Waals surface area contributed by atoms with E-state index in [1.54, 1.807) is 19.2 Å². The quantitative estimate of drug-likeness (QED) is 0.713. The van der Waals surface area contributed by atoms with Gasteiger partial charge in [0.05, 0.1) is 11.3 Å². The van der Waals surface area contributed by atoms with Gasteiger partial charge in [0.1, 0.15) is 15.5 Å². The Morgan fingerprint density at radius 3 is 2.65 bits per heavy atom. The minimum atomic E-state index is -0.500. The molecule has 0 saturated heterocycles. The van der Waals surface area contributed by atoms with Gasteiger partial charge >= 0.3 is 0 Å². The number of rotatable bonds is 3. The van der Waals surface area contributed by atoms with Gasteiger partial charge in [-0.2, -0.15) is 0 Å². The Labute approximate surface area is 138 Å². The highest BCUT2D eigenvalue weighted by atomic mass is 32.1. The SMILES string of the molecule is CNc1c(C(=O)c2cc(C)ccc2F)sc2nc(C)c(C)cc12. The standard InChI is InChI=1S/C18H17FN2OS/c1-9-5-6-14(19)12(7-9)16(22)17-15(20-4)13-8-10(2)11(3)21-18(13)23-17/h5-8,20H,1-4H3. The summed E-state index contributed by atoms with van der Waals surface area (Å²) in [6, 6.07) is 6.60. The number of ketones is 1. The molecule has 0 bridgehead atoms. The van der Waals surface area contributed by atoms with E-state index in [0.717, 1.165) is 27.0 Å². The number of anilines is 1. The molecule has 0 saturated carbocycles. The Morgan fingerprint density at radius 2 is 1.96 bits per heavy atom. The van der Waals surface area contributed by atoms with Crippen molar-refractivity contribution in [3.63, 3.8) is 0 Å². The van der Waals surface area contributed by atoms with E-state index in [2.05, 4.69) is 10.3 Å². The number of aryl methyl sites for hydroxylation is 3. The molecule has 0 aliphatic rings. The highest BCUT2D eigenvalue weighted by Crippen LogP contribution is 2.37. The maximum absolute atomic E-state index is 14.1. The molecule has 3 nitrogen and oxygen atoms in total. The molecule has 2 heterocycles. The van der Waals surface area contributed by atoms with Crippen LogP contribution < -0.4 is 5.32 Å². The average Bonchev–Trinajstić information content (AvgIpc) is 2.87. The fourth-order valence-electron chi connectivity index (χ4n) is 2.55. The zero-order valence-electron chi connectivity index (χ0n) is 13.5. The molecule has 0 amide bonds. The van der Waals surface area contributed by atoms with Crippen molar-refractivity contribution in [3.8, 4) is 0 Å². The van der Waals surface area contributed by atoms with E-state index >= 15 is 0 Å². The van der Waals surface area contributed by atoms with E-state index in [4.69, 9.17) is 0 Å². The molecule has 5 heteroatoms. The van der Waals surface area contributed by atoms with Gasteiger partial charge in [0, 0.05) is 18.1 Å². The third kappa shape index (κ3) is 2.61. The Morgan fingerprint density at radius 1 is 1.22 bits per heavy atom. The average molecular weight is 328 g/mol. The number of carbonyl (C=O) groups excluding carboxylic acids is 1. The van der Waals surface area contributed by atoms with E-state index in [1.807, 2.05) is 26.8 Å². The Balaban J connectivity index is 2.23. The highest BCUT2D eigenvalue weighted by Gasteiger charge is 2.22. The second-order valence-electron chi connectivity index (χ2n) is 5.61. The normalized spacial score (nSPS) is 11.0. The van der Waals surface area contributed by atoms with Crippen LogP contribution in [0.25, 0.3) is 10.2 Å². The Hall–Kier alpha value is -2.27. The van der Waals surface area contributed by atoms with Gasteiger partial charge in [0.25, 0.3) is 0 Å². The molecule has 0 atom stereocenters. The van der Waals surface area contributed by atoms with E-state index in [9.17, 15) is 9.18 Å². The van der Waals surface area contributed by atoms with Crippen LogP contribution in [0.4, 0.5) is 10.1 Å². The summed E-state index contributed by atoms with van der Waals surface area (Å²) in [4.78, 5) is 18.7. The number of aromatic nitrogens is 1. The van der Waals surface area contributed by atoms with Gasteiger partial charge in [-0.15, -0.1) is 11.3 Å². The van der Waals surface area contributed by atoms with Crippen molar-refractivity contribution in [1.82, 2.24) is 4.98 Å². The summed E-state index contributed by atoms with van der Waals surface area (Å²) in [5, 5.41) is 3.98. The first-order valence-corrected chi connectivity index (χ1v) is 8.13. The zero-order valence-corrected chi connectivity index (χ0v) is 14.3. The molecule has 0 aliphatic carbocycles. The summed E-state index contributed by atoms with van der Waals surface area (Å²) in [7, 11) is 1.76. The van der Waals surface area contributed by atoms with Crippen molar-refractivity contribution in [2.24, 2.45) is 0 Å². The van der Waals surface area contributed by atoms with Crippen molar-refractivity contribution < 1.29 is 9.18 Å². The second-order valence-corrected chi connectivity index (χ2v) is 6.61. The largest absolute Gasteiger partial charge is 0.386 e. The molecule has 3 rings (SSSR count). The fourth-order valence-corrected chi connectivity index (χ4v) is 3.72. The van der Waals surface area contributed by atoms with E-state index in [1.165, 1.54) is 17.4 Å². The van der Waals surface area contributed by atoms with Crippen LogP contribution in [-0.2, 0) is 0 Å². The molecule has 23 heavy (non-hydrogen) atoms. The number of benzene rings is 1. The van der Waals surface area contributed by atoms with Crippen molar-refractivity contribution >= 4 is 33.0 Å². The number of pyridine rings is 1. The lowest BCUT2D eigenvalue weighted by Gasteiger charge is -2.06. The van der Waals surface area contributed by atoms with E-state index in [0.29, 0.717) is 10.6 Å². The van der Waals surface area contributed by atoms with Crippen LogP contribution in [0, 0.1) is 26.6 Å². The number of thiophene rings is 1. The molecule has 118 valence electrons. The topological polar surface area (TPSA) is 42.0 Å². The van der Waals surface area contributed by atoms with Gasteiger partial charge in [-0.3, -0.25) is 4.79 Å². The van der Waals surface area contributed by atoms with Gasteiger partial charge in [0.2, 0.25) is 5.78 Å². The number of carbonyl (C=O) groups is 1. The Bertz CT molecular complexity index is 930. The summed E-state index contributed by atoms with van der Waals surface area (Å²) in [6.07, 6.45) is 0. The molecule has 0 fully saturated rings. The molecule has 0 aliphatic heterocycles. The van der Waals surface area contributed by atoms with Crippen molar-refractivity contribution in [1.29, 1.82) is 0 Å². The van der Waals surface area contributed by atoms with E-state index < -0.39 is 5.82 Å². The maximum atomic E-state index is 14.1. The summed E-state index contributed by atoms with van der Waals surface area (Å²) in [5.74, 6) is -0.811. The van der Waals surface area contributed by atoms with Crippen LogP contribution in [0.2, 0.25) is 0 Å². The summed E-state index contributed by atoms with van der Waals surface area (Å²) in [6.45, 7) is 5.77. The molecule has 0 radical (unpaired) electrons. The van der Waals surface area contributed by atoms with Gasteiger partial charge in [-0.1, -0.05) is 11.6 Å². The lowest BCUT2D eigenvalue weighted by atomic mass is 10.0. The molecule has 1 aromatic carbocycles. The van der Waals surface area contributed by atoms with Crippen LogP contribution in [0.5, 0.6) is 0 Å².